The third kappa shape index (κ3) is 2.73. The Morgan fingerprint density at radius 2 is 2.31 bits per heavy atom. The Hall–Kier alpha value is -1.03. The van der Waals surface area contributed by atoms with Crippen LogP contribution >= 0.6 is 0 Å². The topological polar surface area (TPSA) is 53.1 Å². The highest BCUT2D eigenvalue weighted by molar-refractivity contribution is 5.16. The normalized spacial score (nSPS) is 11.9. The average molecular weight is 183 g/mol. The summed E-state index contributed by atoms with van der Waals surface area (Å²) in [4.78, 5) is 3.94. The standard InChI is InChI=1S/C9H17N3O/c1-9(2,13-3)4-6-12-7-5-11-8(12)10/h5,7H,4,6H2,1-3H3,(H2,10,11). The highest BCUT2D eigenvalue weighted by atomic mass is 16.5. The van der Waals surface area contributed by atoms with Gasteiger partial charge in [0.25, 0.3) is 0 Å². The Bertz CT molecular complexity index is 268. The van der Waals surface area contributed by atoms with Crippen LogP contribution in [0.4, 0.5) is 5.95 Å². The minimum atomic E-state index is -0.100. The maximum atomic E-state index is 5.62. The number of anilines is 1. The zero-order valence-corrected chi connectivity index (χ0v) is 8.45. The van der Waals surface area contributed by atoms with Crippen molar-refractivity contribution in [3.8, 4) is 0 Å². The van der Waals surface area contributed by atoms with Gasteiger partial charge in [-0.2, -0.15) is 0 Å². The second kappa shape index (κ2) is 3.79. The minimum absolute atomic E-state index is 0.100. The number of hydrogen-bond donors (Lipinski definition) is 1. The van der Waals surface area contributed by atoms with Crippen LogP contribution in [0.25, 0.3) is 0 Å². The number of hydrogen-bond acceptors (Lipinski definition) is 3. The van der Waals surface area contributed by atoms with Gasteiger partial charge in [-0.05, 0) is 20.3 Å². The van der Waals surface area contributed by atoms with E-state index in [2.05, 4.69) is 18.8 Å². The smallest absolute Gasteiger partial charge is 0.200 e. The first-order chi connectivity index (χ1) is 6.05. The lowest BCUT2D eigenvalue weighted by atomic mass is 10.1. The third-order valence-electron chi connectivity index (χ3n) is 2.26. The van der Waals surface area contributed by atoms with Gasteiger partial charge in [-0.15, -0.1) is 0 Å². The van der Waals surface area contributed by atoms with Crippen LogP contribution in [0.2, 0.25) is 0 Å². The van der Waals surface area contributed by atoms with Crippen LogP contribution in [-0.4, -0.2) is 22.3 Å². The number of aromatic nitrogens is 2. The summed E-state index contributed by atoms with van der Waals surface area (Å²) in [5.74, 6) is 0.562. The van der Waals surface area contributed by atoms with E-state index in [1.165, 1.54) is 0 Å². The Balaban J connectivity index is 2.48. The van der Waals surface area contributed by atoms with E-state index in [-0.39, 0.29) is 5.60 Å². The van der Waals surface area contributed by atoms with E-state index in [4.69, 9.17) is 10.5 Å². The van der Waals surface area contributed by atoms with Crippen LogP contribution < -0.4 is 5.73 Å². The molecule has 4 nitrogen and oxygen atoms in total. The van der Waals surface area contributed by atoms with Gasteiger partial charge >= 0.3 is 0 Å². The molecule has 74 valence electrons. The number of methoxy groups -OCH3 is 1. The third-order valence-corrected chi connectivity index (χ3v) is 2.26. The molecular formula is C9H17N3O. The van der Waals surface area contributed by atoms with Crippen molar-refractivity contribution in [3.63, 3.8) is 0 Å². The van der Waals surface area contributed by atoms with Crippen LogP contribution in [0.15, 0.2) is 12.4 Å². The molecule has 2 N–H and O–H groups in total. The van der Waals surface area contributed by atoms with Crippen molar-refractivity contribution < 1.29 is 4.74 Å². The molecule has 1 heterocycles. The van der Waals surface area contributed by atoms with Crippen LogP contribution in [0.3, 0.4) is 0 Å². The molecular weight excluding hydrogens is 166 g/mol. The summed E-state index contributed by atoms with van der Waals surface area (Å²) in [7, 11) is 1.72. The maximum Gasteiger partial charge on any atom is 0.200 e. The quantitative estimate of drug-likeness (QED) is 0.765. The SMILES string of the molecule is COC(C)(C)CCn1ccnc1N. The van der Waals surface area contributed by atoms with E-state index in [0.717, 1.165) is 13.0 Å². The number of nitrogen functional groups attached to an aromatic ring is 1. The molecule has 0 saturated carbocycles. The number of rotatable bonds is 4. The fourth-order valence-corrected chi connectivity index (χ4v) is 1.02. The van der Waals surface area contributed by atoms with Crippen molar-refractivity contribution in [2.45, 2.75) is 32.4 Å². The van der Waals surface area contributed by atoms with Crippen LogP contribution in [0.1, 0.15) is 20.3 Å². The second-order valence-corrected chi connectivity index (χ2v) is 3.69. The monoisotopic (exact) mass is 183 g/mol. The van der Waals surface area contributed by atoms with Crippen LogP contribution in [-0.2, 0) is 11.3 Å². The van der Waals surface area contributed by atoms with Gasteiger partial charge < -0.3 is 15.0 Å². The van der Waals surface area contributed by atoms with E-state index >= 15 is 0 Å². The molecule has 0 fully saturated rings. The van der Waals surface area contributed by atoms with Crippen molar-refractivity contribution >= 4 is 5.95 Å². The number of nitrogens with two attached hydrogens (primary N) is 1. The molecule has 0 atom stereocenters. The highest BCUT2D eigenvalue weighted by Gasteiger charge is 2.16. The largest absolute Gasteiger partial charge is 0.379 e. The molecule has 4 heteroatoms. The van der Waals surface area contributed by atoms with E-state index < -0.39 is 0 Å². The summed E-state index contributed by atoms with van der Waals surface area (Å²) in [6, 6.07) is 0. The average Bonchev–Trinajstić information content (AvgIpc) is 2.48. The van der Waals surface area contributed by atoms with E-state index in [9.17, 15) is 0 Å². The molecule has 0 amide bonds. The first kappa shape index (κ1) is 10.1. The Labute approximate surface area is 78.7 Å². The van der Waals surface area contributed by atoms with Crippen LogP contribution in [0, 0.1) is 0 Å². The molecule has 0 aliphatic heterocycles. The zero-order valence-electron chi connectivity index (χ0n) is 8.45. The maximum absolute atomic E-state index is 5.62. The first-order valence-electron chi connectivity index (χ1n) is 4.37. The molecule has 13 heavy (non-hydrogen) atoms. The van der Waals surface area contributed by atoms with Gasteiger partial charge in [-0.1, -0.05) is 0 Å². The number of imidazole rings is 1. The summed E-state index contributed by atoms with van der Waals surface area (Å²) in [6.07, 6.45) is 4.50. The molecule has 1 rings (SSSR count). The van der Waals surface area contributed by atoms with E-state index in [1.54, 1.807) is 13.3 Å². The fourth-order valence-electron chi connectivity index (χ4n) is 1.02. The van der Waals surface area contributed by atoms with Crippen molar-refractivity contribution in [1.29, 1.82) is 0 Å². The molecule has 0 spiro atoms. The minimum Gasteiger partial charge on any atom is -0.379 e. The molecule has 0 radical (unpaired) electrons. The number of ether oxygens (including phenoxy) is 1. The summed E-state index contributed by atoms with van der Waals surface area (Å²) in [5, 5.41) is 0. The lowest BCUT2D eigenvalue weighted by molar-refractivity contribution is 0.0122. The second-order valence-electron chi connectivity index (χ2n) is 3.69. The van der Waals surface area contributed by atoms with Crippen molar-refractivity contribution in [2.75, 3.05) is 12.8 Å². The Morgan fingerprint density at radius 1 is 1.62 bits per heavy atom. The molecule has 0 bridgehead atoms. The molecule has 1 aromatic rings. The Kier molecular flexibility index (Phi) is 2.93. The molecule has 0 unspecified atom stereocenters. The fraction of sp³-hybridized carbons (Fsp3) is 0.667. The van der Waals surface area contributed by atoms with Gasteiger partial charge in [-0.25, -0.2) is 4.98 Å². The van der Waals surface area contributed by atoms with Gasteiger partial charge in [0.2, 0.25) is 0 Å². The predicted molar refractivity (Wildman–Crippen MR) is 52.3 cm³/mol. The molecule has 1 aromatic heterocycles. The van der Waals surface area contributed by atoms with Crippen LogP contribution in [0.5, 0.6) is 0 Å². The molecule has 0 aliphatic carbocycles. The predicted octanol–water partition coefficient (Wildman–Crippen LogP) is 1.28. The number of nitrogens with zero attached hydrogens (tertiary/aromatic N) is 2. The first-order valence-corrected chi connectivity index (χ1v) is 4.37. The highest BCUT2D eigenvalue weighted by Crippen LogP contribution is 2.14. The van der Waals surface area contributed by atoms with Crippen molar-refractivity contribution in [1.82, 2.24) is 9.55 Å². The lowest BCUT2D eigenvalue weighted by Crippen LogP contribution is -2.24. The summed E-state index contributed by atoms with van der Waals surface area (Å²) in [6.45, 7) is 4.95. The summed E-state index contributed by atoms with van der Waals surface area (Å²) >= 11 is 0. The zero-order chi connectivity index (χ0) is 9.90. The van der Waals surface area contributed by atoms with Gasteiger partial charge in [-0.3, -0.25) is 0 Å². The molecule has 0 aliphatic rings. The number of aryl methyl sites for hydroxylation is 1. The molecule has 0 aromatic carbocycles. The van der Waals surface area contributed by atoms with Gasteiger partial charge in [0.15, 0.2) is 5.95 Å². The lowest BCUT2D eigenvalue weighted by Gasteiger charge is -2.22. The van der Waals surface area contributed by atoms with E-state index in [0.29, 0.717) is 5.95 Å². The summed E-state index contributed by atoms with van der Waals surface area (Å²) < 4.78 is 7.22. The summed E-state index contributed by atoms with van der Waals surface area (Å²) in [5.41, 5.74) is 5.52. The van der Waals surface area contributed by atoms with Crippen molar-refractivity contribution in [3.05, 3.63) is 12.4 Å². The molecule has 0 saturated heterocycles. The van der Waals surface area contributed by atoms with Crippen molar-refractivity contribution in [2.24, 2.45) is 0 Å². The van der Waals surface area contributed by atoms with Gasteiger partial charge in [0, 0.05) is 26.0 Å². The van der Waals surface area contributed by atoms with Gasteiger partial charge in [0.05, 0.1) is 5.60 Å². The van der Waals surface area contributed by atoms with E-state index in [1.807, 2.05) is 10.8 Å². The Morgan fingerprint density at radius 3 is 2.77 bits per heavy atom. The van der Waals surface area contributed by atoms with Gasteiger partial charge in [0.1, 0.15) is 0 Å².